The van der Waals surface area contributed by atoms with Gasteiger partial charge in [0.1, 0.15) is 5.69 Å². The van der Waals surface area contributed by atoms with E-state index in [0.29, 0.717) is 5.69 Å². The minimum absolute atomic E-state index is 0.138. The van der Waals surface area contributed by atoms with Gasteiger partial charge in [-0.05, 0) is 280 Å². The molecule has 12 heterocycles. The van der Waals surface area contributed by atoms with Crippen molar-refractivity contribution < 1.29 is 13.2 Å². The normalized spacial score (nSPS) is 11.1. The quantitative estimate of drug-likeness (QED) is 0.0803. The van der Waals surface area contributed by atoms with Crippen LogP contribution in [0.1, 0.15) is 22.3 Å². The fraction of sp³-hybridized carbons (Fsp3) is 0.0339. The van der Waals surface area contributed by atoms with Crippen molar-refractivity contribution in [1.82, 2.24) is 59.8 Å². The lowest BCUT2D eigenvalue weighted by Crippen LogP contribution is -2.08. The average molecular weight is 1730 g/mol. The first-order chi connectivity index (χ1) is 65.3. The predicted octanol–water partition coefficient (Wildman–Crippen LogP) is 29.7. The molecule has 0 saturated heterocycles. The zero-order valence-corrected chi connectivity index (χ0v) is 72.7. The van der Waals surface area contributed by atoms with Crippen molar-refractivity contribution in [1.29, 1.82) is 0 Å². The first-order valence-electron chi connectivity index (χ1n) is 43.7. The van der Waals surface area contributed by atoms with Gasteiger partial charge in [0.15, 0.2) is 0 Å². The summed E-state index contributed by atoms with van der Waals surface area (Å²) < 4.78 is 41.8. The van der Waals surface area contributed by atoms with Gasteiger partial charge in [0, 0.05) is 70.6 Å². The largest absolute Gasteiger partial charge is 0.418 e. The van der Waals surface area contributed by atoms with Crippen molar-refractivity contribution in [3.63, 3.8) is 0 Å². The Bertz CT molecular complexity index is 7540. The van der Waals surface area contributed by atoms with Gasteiger partial charge in [-0.2, -0.15) is 13.2 Å². The van der Waals surface area contributed by atoms with Gasteiger partial charge in [-0.15, -0.1) is 0 Å². The maximum absolute atomic E-state index is 13.9. The van der Waals surface area contributed by atoms with Crippen LogP contribution in [0.5, 0.6) is 0 Å². The third-order valence-electron chi connectivity index (χ3n) is 23.2. The molecule has 0 fully saturated rings. The molecule has 133 heavy (non-hydrogen) atoms. The Morgan fingerprint density at radius 3 is 0.677 bits per heavy atom. The average Bonchev–Trinajstić information content (AvgIpc) is 0.767. The third kappa shape index (κ3) is 19.0. The molecular formula is C118H83F3N12. The van der Waals surface area contributed by atoms with Crippen LogP contribution < -0.4 is 0 Å². The monoisotopic (exact) mass is 1720 g/mol. The van der Waals surface area contributed by atoms with Crippen LogP contribution in [-0.4, -0.2) is 59.8 Å². The van der Waals surface area contributed by atoms with E-state index in [1.807, 2.05) is 206 Å². The maximum Gasteiger partial charge on any atom is 0.418 e. The summed E-state index contributed by atoms with van der Waals surface area (Å²) in [5.74, 6) is 0. The Balaban J connectivity index is 0.000000129. The van der Waals surface area contributed by atoms with Gasteiger partial charge >= 0.3 is 6.18 Å². The molecule has 12 aromatic heterocycles. The second kappa shape index (κ2) is 39.0. The Labute approximate surface area is 769 Å². The fourth-order valence-corrected chi connectivity index (χ4v) is 16.7. The number of hydrogen-bond acceptors (Lipinski definition) is 12. The van der Waals surface area contributed by atoms with Crippen LogP contribution in [0.4, 0.5) is 13.2 Å². The van der Waals surface area contributed by atoms with Crippen molar-refractivity contribution in [2.24, 2.45) is 0 Å². The standard InChI is InChI=1S/C40H30N4.C39H25F3N4.C39H28N4/c1-27-13-3-5-15-29(27)31-25-34(36-20-12-22-40(44-36)38-18-8-10-24-42-38)32(30-16-6-4-14-28(30)2)26-33(31)35-19-11-21-39(43-35)37-17-7-9-23-41-37;40-39(41,42)32-16-11-23-44-38(32)37-21-10-19-34(46-37)31-25-28(26-12-3-1-4-13-26)30(24-29(31)27-14-5-2-6-15-27)33-18-9-20-36(45-33)35-17-7-8-22-43-35;1-27-13-12-24-41-39(27)38-22-11-20-35(43-38)33-26-30(28-14-4-2-5-15-28)32(25-31(33)29-16-6-3-7-17-29)34-19-10-21-37(42-34)36-18-8-9-23-40-36/h3-26H,1-2H3;1-25H;2-26H,1H3. The molecule has 0 atom stereocenters. The highest BCUT2D eigenvalue weighted by molar-refractivity contribution is 5.99. The van der Waals surface area contributed by atoms with Crippen LogP contribution in [0.25, 0.3) is 203 Å². The molecule has 0 aliphatic carbocycles. The SMILES string of the molecule is Cc1ccccc1-c1cc(-c2cccc(-c3ccccn3)n2)c(-c2ccccc2C)cc1-c1cccc(-c2ccccn2)n1.Cc1cccnc1-c1cccc(-c2cc(-c3ccccc3)c(-c3cccc(-c4ccccn4)n3)cc2-c2ccccc2)n1.FC(F)(F)c1cccnc1-c1cccc(-c2cc(-c3ccccc3)c(-c3cccc(-c4ccccn4)n3)cc2-c2ccccc2)n1. The highest BCUT2D eigenvalue weighted by Crippen LogP contribution is 2.48. The lowest BCUT2D eigenvalue weighted by Gasteiger charge is -2.20. The molecule has 9 aromatic carbocycles. The number of halogens is 3. The Hall–Kier alpha value is -17.4. The van der Waals surface area contributed by atoms with E-state index < -0.39 is 11.7 Å². The van der Waals surface area contributed by atoms with E-state index in [-0.39, 0.29) is 11.4 Å². The second-order valence-corrected chi connectivity index (χ2v) is 31.8. The number of hydrogen-bond donors (Lipinski definition) is 0. The van der Waals surface area contributed by atoms with Crippen LogP contribution in [0.2, 0.25) is 0 Å². The Morgan fingerprint density at radius 2 is 0.383 bits per heavy atom. The molecule has 0 bridgehead atoms. The van der Waals surface area contributed by atoms with Crippen LogP contribution in [0, 0.1) is 20.8 Å². The summed E-state index contributed by atoms with van der Waals surface area (Å²) in [5, 5.41) is 0. The molecule has 0 aliphatic heterocycles. The predicted molar refractivity (Wildman–Crippen MR) is 530 cm³/mol. The Morgan fingerprint density at radius 1 is 0.158 bits per heavy atom. The molecule has 0 aliphatic rings. The van der Waals surface area contributed by atoms with Crippen molar-refractivity contribution in [3.8, 4) is 203 Å². The first-order valence-corrected chi connectivity index (χ1v) is 43.7. The zero-order valence-electron chi connectivity index (χ0n) is 72.7. The van der Waals surface area contributed by atoms with Gasteiger partial charge in [0.2, 0.25) is 0 Å². The van der Waals surface area contributed by atoms with Crippen LogP contribution in [0.15, 0.2) is 450 Å². The smallest absolute Gasteiger partial charge is 0.255 e. The molecule has 636 valence electrons. The fourth-order valence-electron chi connectivity index (χ4n) is 16.7. The number of nitrogens with zero attached hydrogens (tertiary/aromatic N) is 12. The summed E-state index contributed by atoms with van der Waals surface area (Å²) in [5.41, 5.74) is 34.1. The minimum atomic E-state index is -4.57. The highest BCUT2D eigenvalue weighted by Gasteiger charge is 2.35. The van der Waals surface area contributed by atoms with E-state index >= 15 is 0 Å². The van der Waals surface area contributed by atoms with E-state index in [4.69, 9.17) is 29.9 Å². The summed E-state index contributed by atoms with van der Waals surface area (Å²) >= 11 is 0. The highest BCUT2D eigenvalue weighted by atomic mass is 19.4. The number of alkyl halides is 3. The molecule has 0 spiro atoms. The molecule has 0 radical (unpaired) electrons. The van der Waals surface area contributed by atoms with Gasteiger partial charge in [-0.1, -0.05) is 237 Å². The van der Waals surface area contributed by atoms with E-state index in [1.54, 1.807) is 36.9 Å². The van der Waals surface area contributed by atoms with E-state index in [2.05, 4.69) is 239 Å². The Kier molecular flexibility index (Phi) is 25.0. The lowest BCUT2D eigenvalue weighted by molar-refractivity contribution is -0.137. The molecule has 0 N–H and O–H groups in total. The summed E-state index contributed by atoms with van der Waals surface area (Å²) in [6, 6.07) is 136. The van der Waals surface area contributed by atoms with Crippen molar-refractivity contribution in [3.05, 3.63) is 472 Å². The van der Waals surface area contributed by atoms with E-state index in [0.717, 1.165) is 197 Å². The van der Waals surface area contributed by atoms with Gasteiger partial charge in [0.05, 0.1) is 102 Å². The number of benzene rings is 9. The van der Waals surface area contributed by atoms with E-state index in [1.165, 1.54) is 23.4 Å². The summed E-state index contributed by atoms with van der Waals surface area (Å²) in [6.07, 6.45) is 5.75. The third-order valence-corrected chi connectivity index (χ3v) is 23.2. The molecule has 21 aromatic rings. The number of aromatic nitrogens is 12. The first kappa shape index (κ1) is 85.0. The van der Waals surface area contributed by atoms with Crippen molar-refractivity contribution in [2.75, 3.05) is 0 Å². The van der Waals surface area contributed by atoms with Crippen LogP contribution in [0.3, 0.4) is 0 Å². The van der Waals surface area contributed by atoms with Crippen molar-refractivity contribution in [2.45, 2.75) is 26.9 Å². The topological polar surface area (TPSA) is 155 Å². The number of pyridine rings is 12. The second-order valence-electron chi connectivity index (χ2n) is 31.8. The van der Waals surface area contributed by atoms with E-state index in [9.17, 15) is 13.2 Å². The molecule has 0 unspecified atom stereocenters. The molecular weight excluding hydrogens is 1640 g/mol. The maximum atomic E-state index is 13.9. The summed E-state index contributed by atoms with van der Waals surface area (Å²) in [4.78, 5) is 57.3. The molecule has 15 heteroatoms. The van der Waals surface area contributed by atoms with Crippen LogP contribution in [-0.2, 0) is 6.18 Å². The summed E-state index contributed by atoms with van der Waals surface area (Å²) in [6.45, 7) is 6.39. The minimum Gasteiger partial charge on any atom is -0.255 e. The molecule has 0 amide bonds. The molecule has 21 rings (SSSR count). The van der Waals surface area contributed by atoms with Gasteiger partial charge < -0.3 is 0 Å². The summed E-state index contributed by atoms with van der Waals surface area (Å²) in [7, 11) is 0. The molecule has 12 nitrogen and oxygen atoms in total. The van der Waals surface area contributed by atoms with Crippen molar-refractivity contribution >= 4 is 0 Å². The zero-order chi connectivity index (χ0) is 90.4. The number of rotatable bonds is 18. The lowest BCUT2D eigenvalue weighted by atomic mass is 9.86. The van der Waals surface area contributed by atoms with Gasteiger partial charge in [0.25, 0.3) is 0 Å². The number of aryl methyl sites for hydroxylation is 3. The molecule has 0 saturated carbocycles. The van der Waals surface area contributed by atoms with Gasteiger partial charge in [-0.25, -0.2) is 29.9 Å². The van der Waals surface area contributed by atoms with Gasteiger partial charge in [-0.3, -0.25) is 29.9 Å². The van der Waals surface area contributed by atoms with Crippen LogP contribution >= 0.6 is 0 Å².